The molecule has 6 heteroatoms. The molecule has 0 amide bonds. The normalized spacial score (nSPS) is 11.6. The summed E-state index contributed by atoms with van der Waals surface area (Å²) in [6.07, 6.45) is 0. The number of nitrogens with zero attached hydrogens (tertiary/aromatic N) is 2. The van der Waals surface area contributed by atoms with E-state index < -0.39 is 5.63 Å². The molecule has 0 fully saturated rings. The Balaban J connectivity index is 2.44. The van der Waals surface area contributed by atoms with E-state index in [0.717, 1.165) is 16.2 Å². The average Bonchev–Trinajstić information content (AvgIpc) is 2.87. The molecule has 0 radical (unpaired) electrons. The summed E-state index contributed by atoms with van der Waals surface area (Å²) in [5.74, 6) is 0.508. The zero-order chi connectivity index (χ0) is 15.4. The predicted molar refractivity (Wildman–Crippen MR) is 81.4 cm³/mol. The molecule has 0 saturated heterocycles. The van der Waals surface area contributed by atoms with E-state index in [4.69, 9.17) is 13.7 Å². The van der Waals surface area contributed by atoms with Crippen molar-refractivity contribution in [3.8, 4) is 5.75 Å². The van der Waals surface area contributed by atoms with Gasteiger partial charge in [0, 0.05) is 10.8 Å². The number of para-hydroxylation sites is 1. The molecule has 0 aliphatic rings. The minimum Gasteiger partial charge on any atom is -0.493 e. The van der Waals surface area contributed by atoms with Gasteiger partial charge in [-0.05, 0) is 19.9 Å². The second kappa shape index (κ2) is 4.30. The maximum absolute atomic E-state index is 12.4. The van der Waals surface area contributed by atoms with Crippen LogP contribution in [-0.4, -0.2) is 17.3 Å². The molecule has 3 heterocycles. The first-order valence-corrected chi connectivity index (χ1v) is 6.78. The molecule has 6 nitrogen and oxygen atoms in total. The molecule has 0 N–H and O–H groups in total. The first kappa shape index (κ1) is 12.8. The predicted octanol–water partition coefficient (Wildman–Crippen LogP) is 3.11. The first-order chi connectivity index (χ1) is 10.6. The summed E-state index contributed by atoms with van der Waals surface area (Å²) in [6, 6.07) is 5.49. The van der Waals surface area contributed by atoms with E-state index >= 15 is 0 Å². The van der Waals surface area contributed by atoms with Crippen LogP contribution in [0.4, 0.5) is 0 Å². The topological polar surface area (TPSA) is 78.4 Å². The van der Waals surface area contributed by atoms with Gasteiger partial charge in [-0.25, -0.2) is 9.78 Å². The number of hydrogen-bond acceptors (Lipinski definition) is 6. The highest BCUT2D eigenvalue weighted by Gasteiger charge is 2.20. The highest BCUT2D eigenvalue weighted by Crippen LogP contribution is 2.35. The molecule has 0 unspecified atom stereocenters. The lowest BCUT2D eigenvalue weighted by atomic mass is 10.0. The van der Waals surface area contributed by atoms with Crippen molar-refractivity contribution >= 4 is 32.8 Å². The van der Waals surface area contributed by atoms with Crippen molar-refractivity contribution in [3.05, 3.63) is 40.0 Å². The zero-order valence-electron chi connectivity index (χ0n) is 12.3. The van der Waals surface area contributed by atoms with Crippen LogP contribution in [0.1, 0.15) is 11.4 Å². The number of rotatable bonds is 1. The number of aryl methyl sites for hydroxylation is 2. The van der Waals surface area contributed by atoms with Crippen molar-refractivity contribution in [2.24, 2.45) is 0 Å². The van der Waals surface area contributed by atoms with E-state index in [-0.39, 0.29) is 0 Å². The second-order valence-corrected chi connectivity index (χ2v) is 5.12. The Hall–Kier alpha value is -2.89. The summed E-state index contributed by atoms with van der Waals surface area (Å²) < 4.78 is 16.0. The van der Waals surface area contributed by atoms with E-state index in [1.807, 2.05) is 19.1 Å². The largest absolute Gasteiger partial charge is 0.493 e. The molecular formula is C16H12N2O4. The third kappa shape index (κ3) is 1.52. The van der Waals surface area contributed by atoms with Gasteiger partial charge >= 0.3 is 5.63 Å². The lowest BCUT2D eigenvalue weighted by Gasteiger charge is -2.08. The smallest absolute Gasteiger partial charge is 0.346 e. The van der Waals surface area contributed by atoms with Gasteiger partial charge in [-0.15, -0.1) is 0 Å². The standard InChI is InChI=1S/C16H12N2O4/c1-7-12-13(11-8(2)18-22-15(11)17-7)9-5-4-6-10(20-3)14(9)21-16(12)19/h4-6H,1-3H3. The Morgan fingerprint density at radius 2 is 1.91 bits per heavy atom. The summed E-state index contributed by atoms with van der Waals surface area (Å²) in [5, 5.41) is 6.65. The minimum absolute atomic E-state index is 0.412. The number of methoxy groups -OCH3 is 1. The Labute approximate surface area is 124 Å². The van der Waals surface area contributed by atoms with Crippen LogP contribution in [0.15, 0.2) is 31.9 Å². The van der Waals surface area contributed by atoms with Crippen molar-refractivity contribution < 1.29 is 13.7 Å². The van der Waals surface area contributed by atoms with Gasteiger partial charge < -0.3 is 13.7 Å². The molecule has 0 bridgehead atoms. The van der Waals surface area contributed by atoms with Crippen LogP contribution >= 0.6 is 0 Å². The fourth-order valence-electron chi connectivity index (χ4n) is 2.88. The van der Waals surface area contributed by atoms with E-state index in [1.165, 1.54) is 7.11 Å². The van der Waals surface area contributed by atoms with Crippen molar-refractivity contribution in [3.63, 3.8) is 0 Å². The van der Waals surface area contributed by atoms with Gasteiger partial charge in [-0.1, -0.05) is 17.3 Å². The summed E-state index contributed by atoms with van der Waals surface area (Å²) in [6.45, 7) is 3.57. The molecule has 110 valence electrons. The van der Waals surface area contributed by atoms with Gasteiger partial charge in [-0.2, -0.15) is 0 Å². The summed E-state index contributed by atoms with van der Waals surface area (Å²) >= 11 is 0. The van der Waals surface area contributed by atoms with E-state index in [9.17, 15) is 4.79 Å². The number of fused-ring (bicyclic) bond motifs is 5. The fraction of sp³-hybridized carbons (Fsp3) is 0.188. The third-order valence-corrected chi connectivity index (χ3v) is 3.84. The van der Waals surface area contributed by atoms with Gasteiger partial charge in [0.1, 0.15) is 0 Å². The number of pyridine rings is 1. The fourth-order valence-corrected chi connectivity index (χ4v) is 2.88. The Morgan fingerprint density at radius 3 is 2.68 bits per heavy atom. The van der Waals surface area contributed by atoms with Crippen molar-refractivity contribution in [1.29, 1.82) is 0 Å². The van der Waals surface area contributed by atoms with Crippen LogP contribution < -0.4 is 10.4 Å². The average molecular weight is 296 g/mol. The molecule has 0 aliphatic carbocycles. The quantitative estimate of drug-likeness (QED) is 0.396. The molecule has 0 spiro atoms. The van der Waals surface area contributed by atoms with Crippen molar-refractivity contribution in [2.45, 2.75) is 13.8 Å². The van der Waals surface area contributed by atoms with E-state index in [1.54, 1.807) is 13.0 Å². The summed E-state index contributed by atoms with van der Waals surface area (Å²) in [7, 11) is 1.54. The van der Waals surface area contributed by atoms with E-state index in [2.05, 4.69) is 10.1 Å². The SMILES string of the molecule is COc1cccc2c1oc(=O)c1c(C)nc3onc(C)c3c12. The Morgan fingerprint density at radius 1 is 1.09 bits per heavy atom. The maximum atomic E-state index is 12.4. The molecular weight excluding hydrogens is 284 g/mol. The first-order valence-electron chi connectivity index (χ1n) is 6.78. The lowest BCUT2D eigenvalue weighted by Crippen LogP contribution is -2.04. The molecule has 0 aliphatic heterocycles. The number of aromatic nitrogens is 2. The Kier molecular flexibility index (Phi) is 2.51. The van der Waals surface area contributed by atoms with Crippen LogP contribution in [0.25, 0.3) is 32.8 Å². The monoisotopic (exact) mass is 296 g/mol. The van der Waals surface area contributed by atoms with Crippen LogP contribution in [0.2, 0.25) is 0 Å². The van der Waals surface area contributed by atoms with Gasteiger partial charge in [0.15, 0.2) is 11.3 Å². The van der Waals surface area contributed by atoms with Gasteiger partial charge in [0.05, 0.1) is 29.3 Å². The minimum atomic E-state index is -0.445. The van der Waals surface area contributed by atoms with Crippen LogP contribution in [0.3, 0.4) is 0 Å². The van der Waals surface area contributed by atoms with Gasteiger partial charge in [0.25, 0.3) is 5.71 Å². The van der Waals surface area contributed by atoms with Gasteiger partial charge in [0.2, 0.25) is 0 Å². The second-order valence-electron chi connectivity index (χ2n) is 5.12. The molecule has 22 heavy (non-hydrogen) atoms. The number of ether oxygens (including phenoxy) is 1. The van der Waals surface area contributed by atoms with Crippen LogP contribution in [0.5, 0.6) is 5.75 Å². The molecule has 0 saturated carbocycles. The highest BCUT2D eigenvalue weighted by molar-refractivity contribution is 6.18. The zero-order valence-corrected chi connectivity index (χ0v) is 12.3. The molecule has 3 aromatic heterocycles. The van der Waals surface area contributed by atoms with Crippen LogP contribution in [0, 0.1) is 13.8 Å². The highest BCUT2D eigenvalue weighted by atomic mass is 16.5. The Bertz CT molecular complexity index is 1110. The molecule has 4 rings (SSSR count). The molecule has 4 aromatic rings. The number of benzene rings is 1. The molecule has 0 atom stereocenters. The number of hydrogen-bond donors (Lipinski definition) is 0. The van der Waals surface area contributed by atoms with Gasteiger partial charge in [-0.3, -0.25) is 0 Å². The third-order valence-electron chi connectivity index (χ3n) is 3.84. The van der Waals surface area contributed by atoms with Crippen molar-refractivity contribution in [1.82, 2.24) is 10.1 Å². The van der Waals surface area contributed by atoms with Crippen LogP contribution in [-0.2, 0) is 0 Å². The maximum Gasteiger partial charge on any atom is 0.346 e. The lowest BCUT2D eigenvalue weighted by molar-refractivity contribution is 0.407. The van der Waals surface area contributed by atoms with Crippen molar-refractivity contribution in [2.75, 3.05) is 7.11 Å². The summed E-state index contributed by atoms with van der Waals surface area (Å²) in [4.78, 5) is 16.8. The summed E-state index contributed by atoms with van der Waals surface area (Å²) in [5.41, 5.74) is 1.62. The van der Waals surface area contributed by atoms with E-state index in [0.29, 0.717) is 33.8 Å². The molecule has 1 aromatic carbocycles.